The predicted octanol–water partition coefficient (Wildman–Crippen LogP) is 2.09. The van der Waals surface area contributed by atoms with Crippen molar-refractivity contribution in [2.24, 2.45) is 17.8 Å². The van der Waals surface area contributed by atoms with E-state index in [2.05, 4.69) is 0 Å². The third-order valence-corrected chi connectivity index (χ3v) is 4.32. The van der Waals surface area contributed by atoms with Crippen molar-refractivity contribution < 1.29 is 24.0 Å². The lowest BCUT2D eigenvalue weighted by atomic mass is 9.86. The van der Waals surface area contributed by atoms with Gasteiger partial charge < -0.3 is 0 Å². The van der Waals surface area contributed by atoms with E-state index in [1.807, 2.05) is 0 Å². The second-order valence-corrected chi connectivity index (χ2v) is 6.44. The molecule has 3 unspecified atom stereocenters. The molecule has 0 aromatic heterocycles. The van der Waals surface area contributed by atoms with Gasteiger partial charge in [0.25, 0.3) is 0 Å². The summed E-state index contributed by atoms with van der Waals surface area (Å²) >= 11 is 0. The van der Waals surface area contributed by atoms with E-state index in [1.165, 1.54) is 6.92 Å². The molecule has 5 nitrogen and oxygen atoms in total. The van der Waals surface area contributed by atoms with Crippen LogP contribution in [-0.4, -0.2) is 28.9 Å². The molecule has 0 radical (unpaired) electrons. The molecule has 1 aliphatic rings. The summed E-state index contributed by atoms with van der Waals surface area (Å²) < 4.78 is 0. The number of carbonyl (C=O) groups excluding carboxylic acids is 5. The van der Waals surface area contributed by atoms with Crippen LogP contribution in [0, 0.1) is 17.8 Å². The van der Waals surface area contributed by atoms with E-state index < -0.39 is 17.8 Å². The average Bonchev–Trinajstić information content (AvgIpc) is 2.43. The molecule has 22 heavy (non-hydrogen) atoms. The molecule has 1 aliphatic carbocycles. The van der Waals surface area contributed by atoms with Gasteiger partial charge in [-0.05, 0) is 6.92 Å². The molecule has 1 rings (SSSR count). The summed E-state index contributed by atoms with van der Waals surface area (Å²) in [6.45, 7) is 4.71. The Labute approximate surface area is 130 Å². The minimum Gasteiger partial charge on any atom is -0.300 e. The molecule has 0 aromatic carbocycles. The molecule has 0 amide bonds. The third-order valence-electron chi connectivity index (χ3n) is 4.32. The van der Waals surface area contributed by atoms with Crippen molar-refractivity contribution in [1.82, 2.24) is 0 Å². The number of rotatable bonds is 1. The topological polar surface area (TPSA) is 85.3 Å². The fourth-order valence-electron chi connectivity index (χ4n) is 2.63. The van der Waals surface area contributed by atoms with Crippen LogP contribution in [0.15, 0.2) is 0 Å². The van der Waals surface area contributed by atoms with E-state index >= 15 is 0 Å². The zero-order valence-electron chi connectivity index (χ0n) is 13.5. The molecule has 5 heteroatoms. The van der Waals surface area contributed by atoms with Gasteiger partial charge in [-0.3, -0.25) is 24.0 Å². The molecule has 0 heterocycles. The Morgan fingerprint density at radius 1 is 0.773 bits per heavy atom. The first-order valence-corrected chi connectivity index (χ1v) is 7.80. The lowest BCUT2D eigenvalue weighted by molar-refractivity contribution is -0.133. The molecule has 0 aliphatic heterocycles. The SMILES string of the molecule is CC(=O)C1CC(=O)CCC(=O)CC(C)C(=O)CC(C)C(=O)C1. The molecule has 1 fully saturated rings. The Balaban J connectivity index is 2.93. The van der Waals surface area contributed by atoms with Gasteiger partial charge in [0.15, 0.2) is 0 Å². The standard InChI is InChI=1S/C17H24O5/c1-10-6-14(19)4-5-15(20)8-13(12(3)18)9-17(22)11(2)7-16(10)21/h10-11,13H,4-9H2,1-3H3. The van der Waals surface area contributed by atoms with Crippen molar-refractivity contribution in [3.63, 3.8) is 0 Å². The van der Waals surface area contributed by atoms with E-state index in [1.54, 1.807) is 13.8 Å². The lowest BCUT2D eigenvalue weighted by Gasteiger charge is -2.16. The Bertz CT molecular complexity index is 491. The molecule has 0 aromatic rings. The Hall–Kier alpha value is -1.65. The van der Waals surface area contributed by atoms with Crippen LogP contribution in [0.25, 0.3) is 0 Å². The summed E-state index contributed by atoms with van der Waals surface area (Å²) in [5, 5.41) is 0. The van der Waals surface area contributed by atoms with E-state index in [-0.39, 0.29) is 67.4 Å². The van der Waals surface area contributed by atoms with E-state index in [0.717, 1.165) is 0 Å². The normalized spacial score (nSPS) is 29.5. The van der Waals surface area contributed by atoms with Crippen LogP contribution in [-0.2, 0) is 24.0 Å². The van der Waals surface area contributed by atoms with Gasteiger partial charge >= 0.3 is 0 Å². The maximum atomic E-state index is 12.2. The number of carbonyl (C=O) groups is 5. The molecule has 0 saturated heterocycles. The van der Waals surface area contributed by atoms with Crippen LogP contribution in [0.1, 0.15) is 59.3 Å². The number of hydrogen-bond acceptors (Lipinski definition) is 5. The zero-order chi connectivity index (χ0) is 16.9. The Kier molecular flexibility index (Phi) is 6.78. The Morgan fingerprint density at radius 2 is 1.23 bits per heavy atom. The molecular weight excluding hydrogens is 284 g/mol. The lowest BCUT2D eigenvalue weighted by Crippen LogP contribution is -2.25. The van der Waals surface area contributed by atoms with Gasteiger partial charge in [-0.25, -0.2) is 0 Å². The van der Waals surface area contributed by atoms with Crippen LogP contribution >= 0.6 is 0 Å². The number of ketones is 5. The first-order valence-electron chi connectivity index (χ1n) is 7.80. The van der Waals surface area contributed by atoms with E-state index in [9.17, 15) is 24.0 Å². The second kappa shape index (κ2) is 8.11. The quantitative estimate of drug-likeness (QED) is 0.740. The van der Waals surface area contributed by atoms with Crippen molar-refractivity contribution in [2.75, 3.05) is 0 Å². The van der Waals surface area contributed by atoms with Crippen LogP contribution in [0.3, 0.4) is 0 Å². The summed E-state index contributed by atoms with van der Waals surface area (Å²) in [6.07, 6.45) is 0.384. The molecular formula is C17H24O5. The highest BCUT2D eigenvalue weighted by atomic mass is 16.2. The minimum absolute atomic E-state index is 0.00214. The minimum atomic E-state index is -0.633. The summed E-state index contributed by atoms with van der Waals surface area (Å²) in [6, 6.07) is 0. The molecule has 3 atom stereocenters. The van der Waals surface area contributed by atoms with Crippen LogP contribution in [0.2, 0.25) is 0 Å². The summed E-state index contributed by atoms with van der Waals surface area (Å²) in [7, 11) is 0. The van der Waals surface area contributed by atoms with Crippen molar-refractivity contribution >= 4 is 28.9 Å². The van der Waals surface area contributed by atoms with Crippen molar-refractivity contribution in [3.05, 3.63) is 0 Å². The van der Waals surface area contributed by atoms with Gasteiger partial charge in [-0.15, -0.1) is 0 Å². The predicted molar refractivity (Wildman–Crippen MR) is 80.2 cm³/mol. The summed E-state index contributed by atoms with van der Waals surface area (Å²) in [4.78, 5) is 59.6. The number of Topliss-reactive ketones (excluding diaryl/α,β-unsaturated/α-hetero) is 5. The number of hydrogen-bond donors (Lipinski definition) is 0. The van der Waals surface area contributed by atoms with E-state index in [4.69, 9.17) is 0 Å². The fourth-order valence-corrected chi connectivity index (χ4v) is 2.63. The van der Waals surface area contributed by atoms with Gasteiger partial charge in [-0.1, -0.05) is 13.8 Å². The average molecular weight is 308 g/mol. The third kappa shape index (κ3) is 5.62. The van der Waals surface area contributed by atoms with Gasteiger partial charge in [0.1, 0.15) is 28.9 Å². The van der Waals surface area contributed by atoms with Crippen LogP contribution in [0.5, 0.6) is 0 Å². The highest BCUT2D eigenvalue weighted by Crippen LogP contribution is 2.21. The highest BCUT2D eigenvalue weighted by Gasteiger charge is 2.28. The Morgan fingerprint density at radius 3 is 1.77 bits per heavy atom. The van der Waals surface area contributed by atoms with Crippen molar-refractivity contribution in [2.45, 2.75) is 59.3 Å². The van der Waals surface area contributed by atoms with Crippen LogP contribution < -0.4 is 0 Å². The van der Waals surface area contributed by atoms with Gasteiger partial charge in [0.05, 0.1) is 0 Å². The van der Waals surface area contributed by atoms with Crippen molar-refractivity contribution in [1.29, 1.82) is 0 Å². The van der Waals surface area contributed by atoms with Gasteiger partial charge in [0.2, 0.25) is 0 Å². The van der Waals surface area contributed by atoms with Crippen LogP contribution in [0.4, 0.5) is 0 Å². The van der Waals surface area contributed by atoms with Gasteiger partial charge in [0, 0.05) is 56.3 Å². The first-order chi connectivity index (χ1) is 10.2. The van der Waals surface area contributed by atoms with Crippen molar-refractivity contribution in [3.8, 4) is 0 Å². The largest absolute Gasteiger partial charge is 0.300 e. The highest BCUT2D eigenvalue weighted by molar-refractivity contribution is 5.96. The van der Waals surface area contributed by atoms with E-state index in [0.29, 0.717) is 0 Å². The molecule has 0 spiro atoms. The smallest absolute Gasteiger partial charge is 0.136 e. The fraction of sp³-hybridized carbons (Fsp3) is 0.706. The summed E-state index contributed by atoms with van der Waals surface area (Å²) in [5.41, 5.74) is 0. The second-order valence-electron chi connectivity index (χ2n) is 6.44. The summed E-state index contributed by atoms with van der Waals surface area (Å²) in [5.74, 6) is -2.32. The maximum Gasteiger partial charge on any atom is 0.136 e. The maximum absolute atomic E-state index is 12.2. The molecule has 1 saturated carbocycles. The molecule has 0 bridgehead atoms. The molecule has 0 N–H and O–H groups in total. The molecule has 122 valence electrons. The first kappa shape index (κ1) is 18.4. The van der Waals surface area contributed by atoms with Gasteiger partial charge in [-0.2, -0.15) is 0 Å². The monoisotopic (exact) mass is 308 g/mol. The zero-order valence-corrected chi connectivity index (χ0v) is 13.5.